The van der Waals surface area contributed by atoms with Crippen molar-refractivity contribution in [3.63, 3.8) is 0 Å². The van der Waals surface area contributed by atoms with E-state index in [4.69, 9.17) is 4.74 Å². The number of ether oxygens (including phenoxy) is 1. The first-order chi connectivity index (χ1) is 10.0. The maximum atomic E-state index is 11.0. The van der Waals surface area contributed by atoms with E-state index in [0.29, 0.717) is 18.3 Å². The van der Waals surface area contributed by atoms with Crippen LogP contribution in [0.2, 0.25) is 0 Å². The average Bonchev–Trinajstić information content (AvgIpc) is 3.30. The quantitative estimate of drug-likeness (QED) is 0.588. The first-order valence-electron chi connectivity index (χ1n) is 7.27. The molecule has 0 radical (unpaired) electrons. The molecule has 6 heteroatoms. The minimum absolute atomic E-state index is 0.0138. The van der Waals surface area contributed by atoms with Crippen molar-refractivity contribution < 1.29 is 9.66 Å². The van der Waals surface area contributed by atoms with Crippen molar-refractivity contribution in [1.29, 1.82) is 0 Å². The van der Waals surface area contributed by atoms with Crippen LogP contribution in [0.4, 0.5) is 5.69 Å². The highest BCUT2D eigenvalue weighted by Crippen LogP contribution is 2.28. The largest absolute Gasteiger partial charge is 0.490 e. The second-order valence-corrected chi connectivity index (χ2v) is 5.64. The van der Waals surface area contributed by atoms with E-state index in [2.05, 4.69) is 24.2 Å². The summed E-state index contributed by atoms with van der Waals surface area (Å²) in [6, 6.07) is 6.28. The van der Waals surface area contributed by atoms with Crippen LogP contribution in [0.5, 0.6) is 5.75 Å². The molecule has 1 aliphatic carbocycles. The van der Waals surface area contributed by atoms with Gasteiger partial charge in [0.05, 0.1) is 12.0 Å². The smallest absolute Gasteiger partial charge is 0.311 e. The maximum Gasteiger partial charge on any atom is 0.311 e. The summed E-state index contributed by atoms with van der Waals surface area (Å²) in [7, 11) is 3.60. The number of hydrogen-bond acceptors (Lipinski definition) is 5. The van der Waals surface area contributed by atoms with E-state index in [-0.39, 0.29) is 5.69 Å². The number of benzene rings is 1. The van der Waals surface area contributed by atoms with Crippen molar-refractivity contribution >= 4 is 5.69 Å². The maximum absolute atomic E-state index is 11.0. The van der Waals surface area contributed by atoms with Crippen LogP contribution in [-0.2, 0) is 6.54 Å². The van der Waals surface area contributed by atoms with Gasteiger partial charge in [-0.05, 0) is 38.4 Å². The molecule has 1 aromatic rings. The van der Waals surface area contributed by atoms with Crippen molar-refractivity contribution in [2.24, 2.45) is 0 Å². The molecule has 1 aliphatic rings. The van der Waals surface area contributed by atoms with Crippen molar-refractivity contribution in [3.8, 4) is 5.75 Å². The van der Waals surface area contributed by atoms with Gasteiger partial charge in [0.1, 0.15) is 0 Å². The van der Waals surface area contributed by atoms with Gasteiger partial charge in [0.2, 0.25) is 0 Å². The van der Waals surface area contributed by atoms with Gasteiger partial charge in [-0.1, -0.05) is 6.07 Å². The van der Waals surface area contributed by atoms with Crippen LogP contribution in [0.25, 0.3) is 0 Å². The highest BCUT2D eigenvalue weighted by atomic mass is 16.6. The zero-order valence-corrected chi connectivity index (χ0v) is 12.8. The molecule has 1 fully saturated rings. The Morgan fingerprint density at radius 2 is 2.24 bits per heavy atom. The lowest BCUT2D eigenvalue weighted by Crippen LogP contribution is -2.38. The van der Waals surface area contributed by atoms with Crippen LogP contribution in [0.1, 0.15) is 25.3 Å². The molecule has 1 atom stereocenters. The Bertz CT molecular complexity index is 503. The summed E-state index contributed by atoms with van der Waals surface area (Å²) in [6.07, 6.45) is 2.59. The van der Waals surface area contributed by atoms with Gasteiger partial charge in [0.15, 0.2) is 5.75 Å². The second-order valence-electron chi connectivity index (χ2n) is 5.64. The van der Waals surface area contributed by atoms with Crippen molar-refractivity contribution in [3.05, 3.63) is 33.9 Å². The Morgan fingerprint density at radius 3 is 2.81 bits per heavy atom. The molecule has 0 amide bonds. The Labute approximate surface area is 125 Å². The van der Waals surface area contributed by atoms with Gasteiger partial charge >= 0.3 is 5.69 Å². The molecule has 0 spiro atoms. The Hall–Kier alpha value is -1.66. The molecular formula is C15H23N3O3. The minimum atomic E-state index is -0.411. The van der Waals surface area contributed by atoms with E-state index >= 15 is 0 Å². The lowest BCUT2D eigenvalue weighted by atomic mass is 10.2. The van der Waals surface area contributed by atoms with Gasteiger partial charge in [-0.3, -0.25) is 15.0 Å². The number of likely N-dealkylation sites (N-methyl/N-ethyl adjacent to an activating group) is 1. The molecule has 116 valence electrons. The minimum Gasteiger partial charge on any atom is -0.490 e. The lowest BCUT2D eigenvalue weighted by molar-refractivity contribution is -0.385. The molecule has 0 aromatic heterocycles. The molecule has 6 nitrogen and oxygen atoms in total. The second kappa shape index (κ2) is 6.87. The number of nitro benzene ring substituents is 1. The van der Waals surface area contributed by atoms with Gasteiger partial charge < -0.3 is 10.1 Å². The van der Waals surface area contributed by atoms with Crippen molar-refractivity contribution in [1.82, 2.24) is 10.2 Å². The standard InChI is InChI=1S/C15H23N3O3/c1-11(17(2)13-5-6-13)9-16-10-12-4-7-15(21-3)14(8-12)18(19)20/h4,7-8,11,13,16H,5-6,9-10H2,1-3H3. The number of nitrogens with one attached hydrogen (secondary N) is 1. The molecule has 0 heterocycles. The molecule has 21 heavy (non-hydrogen) atoms. The van der Waals surface area contributed by atoms with Crippen LogP contribution in [0.15, 0.2) is 18.2 Å². The summed E-state index contributed by atoms with van der Waals surface area (Å²) in [5.74, 6) is 0.297. The monoisotopic (exact) mass is 293 g/mol. The van der Waals surface area contributed by atoms with Gasteiger partial charge in [0.25, 0.3) is 0 Å². The van der Waals surface area contributed by atoms with Crippen LogP contribution in [-0.4, -0.2) is 42.6 Å². The zero-order chi connectivity index (χ0) is 15.4. The third-order valence-corrected chi connectivity index (χ3v) is 4.03. The summed E-state index contributed by atoms with van der Waals surface area (Å²) in [4.78, 5) is 13.0. The third kappa shape index (κ3) is 4.15. The summed E-state index contributed by atoms with van der Waals surface area (Å²) < 4.78 is 5.00. The molecule has 1 unspecified atom stereocenters. The highest BCUT2D eigenvalue weighted by molar-refractivity contribution is 5.48. The molecule has 0 saturated heterocycles. The average molecular weight is 293 g/mol. The van der Waals surface area contributed by atoms with Crippen molar-refractivity contribution in [2.75, 3.05) is 20.7 Å². The fourth-order valence-corrected chi connectivity index (χ4v) is 2.40. The highest BCUT2D eigenvalue weighted by Gasteiger charge is 2.28. The van der Waals surface area contributed by atoms with E-state index in [9.17, 15) is 10.1 Å². The van der Waals surface area contributed by atoms with Crippen molar-refractivity contribution in [2.45, 2.75) is 38.4 Å². The lowest BCUT2D eigenvalue weighted by Gasteiger charge is -2.24. The van der Waals surface area contributed by atoms with Crippen LogP contribution >= 0.6 is 0 Å². The summed E-state index contributed by atoms with van der Waals surface area (Å²) >= 11 is 0. The predicted molar refractivity (Wildman–Crippen MR) is 81.6 cm³/mol. The summed E-state index contributed by atoms with van der Waals surface area (Å²) in [6.45, 7) is 3.68. The number of nitro groups is 1. The normalized spacial score (nSPS) is 16.0. The Balaban J connectivity index is 1.88. The summed E-state index contributed by atoms with van der Waals surface area (Å²) in [5, 5.41) is 14.3. The number of rotatable bonds is 8. The Morgan fingerprint density at radius 1 is 1.52 bits per heavy atom. The third-order valence-electron chi connectivity index (χ3n) is 4.03. The predicted octanol–water partition coefficient (Wildman–Crippen LogP) is 2.18. The number of nitrogens with zero attached hydrogens (tertiary/aromatic N) is 2. The van der Waals surface area contributed by atoms with Crippen LogP contribution in [0.3, 0.4) is 0 Å². The van der Waals surface area contributed by atoms with E-state index in [1.165, 1.54) is 20.0 Å². The van der Waals surface area contributed by atoms with E-state index in [0.717, 1.165) is 18.2 Å². The van der Waals surface area contributed by atoms with Gasteiger partial charge in [-0.25, -0.2) is 0 Å². The molecule has 0 bridgehead atoms. The fourth-order valence-electron chi connectivity index (χ4n) is 2.40. The van der Waals surface area contributed by atoms with Gasteiger partial charge in [-0.15, -0.1) is 0 Å². The molecular weight excluding hydrogens is 270 g/mol. The Kier molecular flexibility index (Phi) is 5.14. The topological polar surface area (TPSA) is 67.6 Å². The number of hydrogen-bond donors (Lipinski definition) is 1. The zero-order valence-electron chi connectivity index (χ0n) is 12.8. The number of methoxy groups -OCH3 is 1. The molecule has 2 rings (SSSR count). The SMILES string of the molecule is COc1ccc(CNCC(C)N(C)C2CC2)cc1[N+](=O)[O-]. The van der Waals surface area contributed by atoms with Gasteiger partial charge in [-0.2, -0.15) is 0 Å². The van der Waals surface area contributed by atoms with E-state index in [1.54, 1.807) is 12.1 Å². The summed E-state index contributed by atoms with van der Waals surface area (Å²) in [5.41, 5.74) is 0.906. The molecule has 1 saturated carbocycles. The molecule has 0 aliphatic heterocycles. The first kappa shape index (κ1) is 15.7. The first-order valence-corrected chi connectivity index (χ1v) is 7.27. The fraction of sp³-hybridized carbons (Fsp3) is 0.600. The van der Waals surface area contributed by atoms with Crippen LogP contribution < -0.4 is 10.1 Å². The molecule has 1 N–H and O–H groups in total. The van der Waals surface area contributed by atoms with Crippen LogP contribution in [0, 0.1) is 10.1 Å². The van der Waals surface area contributed by atoms with Gasteiger partial charge in [0, 0.05) is 31.2 Å². The van der Waals surface area contributed by atoms with E-state index < -0.39 is 4.92 Å². The molecule has 1 aromatic carbocycles. The van der Waals surface area contributed by atoms with E-state index in [1.807, 2.05) is 6.07 Å².